The number of hydrogen-bond donors (Lipinski definition) is 2. The van der Waals surface area contributed by atoms with Crippen molar-refractivity contribution >= 4 is 28.8 Å². The second kappa shape index (κ2) is 5.97. The van der Waals surface area contributed by atoms with E-state index in [1.54, 1.807) is 28.5 Å². The molecular weight excluding hydrogens is 288 g/mol. The molecule has 2 aromatic rings. The van der Waals surface area contributed by atoms with E-state index in [-0.39, 0.29) is 16.0 Å². The molecule has 2 rings (SSSR count). The summed E-state index contributed by atoms with van der Waals surface area (Å²) in [6.07, 6.45) is 3.94. The van der Waals surface area contributed by atoms with E-state index in [2.05, 4.69) is 25.1 Å². The highest BCUT2D eigenvalue weighted by molar-refractivity contribution is 8.00. The molecule has 0 spiro atoms. The van der Waals surface area contributed by atoms with Crippen LogP contribution in [0.4, 0.5) is 0 Å². The van der Waals surface area contributed by atoms with Crippen molar-refractivity contribution in [3.63, 3.8) is 0 Å². The van der Waals surface area contributed by atoms with Gasteiger partial charge in [0.05, 0.1) is 16.6 Å². The number of benzene rings is 1. The van der Waals surface area contributed by atoms with Gasteiger partial charge in [0.1, 0.15) is 0 Å². The average Bonchev–Trinajstić information content (AvgIpc) is 2.79. The minimum absolute atomic E-state index is 0.0157. The Hall–Kier alpha value is -1.69. The zero-order valence-corrected chi connectivity index (χ0v) is 13.3. The Morgan fingerprint density at radius 1 is 1.38 bits per heavy atom. The van der Waals surface area contributed by atoms with Gasteiger partial charge in [-0.15, -0.1) is 0 Å². The fourth-order valence-corrected chi connectivity index (χ4v) is 3.39. The second-order valence-corrected chi connectivity index (χ2v) is 6.42. The number of H-pyrrole nitrogens is 1. The molecule has 1 aromatic heterocycles. The summed E-state index contributed by atoms with van der Waals surface area (Å²) in [5.41, 5.74) is 1.33. The van der Waals surface area contributed by atoms with E-state index in [0.717, 1.165) is 12.8 Å². The van der Waals surface area contributed by atoms with Crippen LogP contribution in [0.3, 0.4) is 0 Å². The highest BCUT2D eigenvalue weighted by atomic mass is 32.2. The first-order chi connectivity index (χ1) is 9.96. The molecule has 0 bridgehead atoms. The molecule has 0 aliphatic heterocycles. The Kier molecular flexibility index (Phi) is 4.46. The predicted octanol–water partition coefficient (Wildman–Crippen LogP) is 2.95. The van der Waals surface area contributed by atoms with E-state index in [4.69, 9.17) is 5.11 Å². The number of hydrogen-bond acceptors (Lipinski definition) is 3. The molecule has 0 aliphatic rings. The fraction of sp³-hybridized carbons (Fsp3) is 0.467. The number of aromatic nitrogens is 2. The van der Waals surface area contributed by atoms with Gasteiger partial charge in [0.15, 0.2) is 0 Å². The van der Waals surface area contributed by atoms with Crippen molar-refractivity contribution < 1.29 is 9.90 Å². The van der Waals surface area contributed by atoms with Crippen LogP contribution in [0.2, 0.25) is 0 Å². The molecule has 1 aromatic carbocycles. The SMILES string of the molecule is CCC(CC)(Cn1c(=O)[nH]c2ccc(C(=O)O)cc21)SC. The van der Waals surface area contributed by atoms with Gasteiger partial charge in [-0.3, -0.25) is 4.57 Å². The molecule has 0 saturated heterocycles. The third kappa shape index (κ3) is 2.85. The van der Waals surface area contributed by atoms with Crippen LogP contribution in [-0.4, -0.2) is 31.6 Å². The molecule has 5 nitrogen and oxygen atoms in total. The molecule has 0 radical (unpaired) electrons. The average molecular weight is 308 g/mol. The first-order valence-corrected chi connectivity index (χ1v) is 8.20. The summed E-state index contributed by atoms with van der Waals surface area (Å²) in [6.45, 7) is 4.80. The lowest BCUT2D eigenvalue weighted by Crippen LogP contribution is -2.33. The summed E-state index contributed by atoms with van der Waals surface area (Å²) in [5, 5.41) is 9.11. The molecule has 114 valence electrons. The Bertz CT molecular complexity index is 705. The van der Waals surface area contributed by atoms with Crippen LogP contribution >= 0.6 is 11.8 Å². The zero-order valence-electron chi connectivity index (χ0n) is 12.5. The Morgan fingerprint density at radius 2 is 2.05 bits per heavy atom. The van der Waals surface area contributed by atoms with Crippen molar-refractivity contribution in [2.24, 2.45) is 0 Å². The summed E-state index contributed by atoms with van der Waals surface area (Å²) in [7, 11) is 0. The van der Waals surface area contributed by atoms with Gasteiger partial charge in [-0.2, -0.15) is 11.8 Å². The third-order valence-electron chi connectivity index (χ3n) is 4.19. The van der Waals surface area contributed by atoms with Gasteiger partial charge in [-0.05, 0) is 37.3 Å². The van der Waals surface area contributed by atoms with Crippen LogP contribution in [0, 0.1) is 0 Å². The normalized spacial score (nSPS) is 12.0. The number of carboxylic acid groups (broad SMARTS) is 1. The fourth-order valence-electron chi connectivity index (χ4n) is 2.56. The van der Waals surface area contributed by atoms with Crippen LogP contribution in [0.1, 0.15) is 37.0 Å². The molecule has 1 heterocycles. The summed E-state index contributed by atoms with van der Waals surface area (Å²) in [6, 6.07) is 4.72. The topological polar surface area (TPSA) is 75.1 Å². The van der Waals surface area contributed by atoms with Crippen molar-refractivity contribution in [2.75, 3.05) is 6.26 Å². The van der Waals surface area contributed by atoms with Gasteiger partial charge in [0.2, 0.25) is 0 Å². The summed E-state index contributed by atoms with van der Waals surface area (Å²) in [5.74, 6) is -0.987. The second-order valence-electron chi connectivity index (χ2n) is 5.15. The van der Waals surface area contributed by atoms with E-state index >= 15 is 0 Å². The number of nitrogens with one attached hydrogen (secondary N) is 1. The van der Waals surface area contributed by atoms with Crippen molar-refractivity contribution in [3.8, 4) is 0 Å². The van der Waals surface area contributed by atoms with Gasteiger partial charge in [-0.25, -0.2) is 9.59 Å². The summed E-state index contributed by atoms with van der Waals surface area (Å²) in [4.78, 5) is 26.1. The van der Waals surface area contributed by atoms with Gasteiger partial charge < -0.3 is 10.1 Å². The van der Waals surface area contributed by atoms with Crippen LogP contribution in [0.5, 0.6) is 0 Å². The number of rotatable bonds is 6. The smallest absolute Gasteiger partial charge is 0.335 e. The summed E-state index contributed by atoms with van der Waals surface area (Å²) >= 11 is 1.75. The van der Waals surface area contributed by atoms with Crippen molar-refractivity contribution in [1.29, 1.82) is 0 Å². The number of nitrogens with zero attached hydrogens (tertiary/aromatic N) is 1. The third-order valence-corrected chi connectivity index (χ3v) is 5.76. The number of carboxylic acids is 1. The highest BCUT2D eigenvalue weighted by Gasteiger charge is 2.27. The van der Waals surface area contributed by atoms with Crippen molar-refractivity contribution in [2.45, 2.75) is 38.0 Å². The number of aromatic amines is 1. The zero-order chi connectivity index (χ0) is 15.6. The summed E-state index contributed by atoms with van der Waals surface area (Å²) < 4.78 is 1.64. The molecule has 2 N–H and O–H groups in total. The molecule has 0 aliphatic carbocycles. The van der Waals surface area contributed by atoms with Gasteiger partial charge >= 0.3 is 11.7 Å². The maximum absolute atomic E-state index is 12.2. The number of thioether (sulfide) groups is 1. The lowest BCUT2D eigenvalue weighted by Gasteiger charge is -2.29. The maximum Gasteiger partial charge on any atom is 0.335 e. The van der Waals surface area contributed by atoms with Crippen LogP contribution in [0.25, 0.3) is 11.0 Å². The highest BCUT2D eigenvalue weighted by Crippen LogP contribution is 2.32. The largest absolute Gasteiger partial charge is 0.478 e. The minimum atomic E-state index is -0.987. The standard InChI is InChI=1S/C15H20N2O3S/c1-4-15(5-2,21-3)9-17-12-8-10(13(18)19)6-7-11(12)16-14(17)20/h6-8H,4-5,9H2,1-3H3,(H,16,20)(H,18,19). The predicted molar refractivity (Wildman–Crippen MR) is 86.3 cm³/mol. The molecule has 0 atom stereocenters. The monoisotopic (exact) mass is 308 g/mol. The van der Waals surface area contributed by atoms with E-state index in [1.165, 1.54) is 6.07 Å². The van der Waals surface area contributed by atoms with Gasteiger partial charge in [-0.1, -0.05) is 13.8 Å². The number of imidazole rings is 1. The van der Waals surface area contributed by atoms with E-state index < -0.39 is 5.97 Å². The van der Waals surface area contributed by atoms with Crippen molar-refractivity contribution in [1.82, 2.24) is 9.55 Å². The number of aromatic carboxylic acids is 1. The Labute approximate surface area is 127 Å². The lowest BCUT2D eigenvalue weighted by atomic mass is 10.0. The molecule has 0 saturated carbocycles. The van der Waals surface area contributed by atoms with Crippen LogP contribution < -0.4 is 5.69 Å². The van der Waals surface area contributed by atoms with Gasteiger partial charge in [0, 0.05) is 11.3 Å². The number of carbonyl (C=O) groups is 1. The Balaban J connectivity index is 2.57. The van der Waals surface area contributed by atoms with E-state index in [0.29, 0.717) is 17.6 Å². The first kappa shape index (κ1) is 15.7. The van der Waals surface area contributed by atoms with Crippen LogP contribution in [0.15, 0.2) is 23.0 Å². The molecule has 6 heteroatoms. The maximum atomic E-state index is 12.2. The van der Waals surface area contributed by atoms with Crippen molar-refractivity contribution in [3.05, 3.63) is 34.2 Å². The quantitative estimate of drug-likeness (QED) is 0.860. The Morgan fingerprint density at radius 3 is 2.57 bits per heavy atom. The molecule has 0 unspecified atom stereocenters. The molecular formula is C15H20N2O3S. The van der Waals surface area contributed by atoms with E-state index in [1.807, 2.05) is 0 Å². The van der Waals surface area contributed by atoms with E-state index in [9.17, 15) is 9.59 Å². The molecule has 0 fully saturated rings. The molecule has 21 heavy (non-hydrogen) atoms. The number of fused-ring (bicyclic) bond motifs is 1. The lowest BCUT2D eigenvalue weighted by molar-refractivity contribution is 0.0697. The molecule has 0 amide bonds. The first-order valence-electron chi connectivity index (χ1n) is 6.97. The van der Waals surface area contributed by atoms with Gasteiger partial charge in [0.25, 0.3) is 0 Å². The van der Waals surface area contributed by atoms with Crippen LogP contribution in [-0.2, 0) is 6.54 Å². The minimum Gasteiger partial charge on any atom is -0.478 e.